The second-order valence-electron chi connectivity index (χ2n) is 10.1. The summed E-state index contributed by atoms with van der Waals surface area (Å²) in [7, 11) is 1.58. The molecule has 9 heteroatoms. The summed E-state index contributed by atoms with van der Waals surface area (Å²) in [5.74, 6) is 0.249. The summed E-state index contributed by atoms with van der Waals surface area (Å²) in [6.07, 6.45) is 0.948. The fourth-order valence-corrected chi connectivity index (χ4v) is 5.42. The number of likely N-dealkylation sites (tertiary alicyclic amines) is 1. The number of ether oxygens (including phenoxy) is 2. The zero-order valence-electron chi connectivity index (χ0n) is 22.6. The average Bonchev–Trinajstić information content (AvgIpc) is 3.25. The van der Waals surface area contributed by atoms with Crippen LogP contribution in [0, 0.1) is 0 Å². The van der Waals surface area contributed by atoms with Gasteiger partial charge in [-0.15, -0.1) is 0 Å². The minimum Gasteiger partial charge on any atom is -0.497 e. The third-order valence-electron chi connectivity index (χ3n) is 7.57. The summed E-state index contributed by atoms with van der Waals surface area (Å²) in [6.45, 7) is 1.48. The number of nitrogens with zero attached hydrogens (tertiary/aromatic N) is 3. The number of hydrogen-bond acceptors (Lipinski definition) is 6. The Hall–Kier alpha value is -4.37. The number of carbonyl (C=O) groups excluding carboxylic acids is 3. The SMILES string of the molecule is COc1ccc(NC(=O)CN2CN(c3ccccc3)C3(CCN(C(=O)COCc4ccccc4)CC3)C2=O)cc1. The Morgan fingerprint density at radius 1 is 0.900 bits per heavy atom. The topological polar surface area (TPSA) is 91.4 Å². The van der Waals surface area contributed by atoms with Gasteiger partial charge in [-0.05, 0) is 54.8 Å². The number of methoxy groups -OCH3 is 1. The standard InChI is InChI=1S/C31H34N4O5/c1-39-27-14-12-25(13-15-27)32-28(36)20-34-23-35(26-10-6-3-7-11-26)31(30(34)38)16-18-33(19-17-31)29(37)22-40-21-24-8-4-2-5-9-24/h2-15H,16-23H2,1H3,(H,32,36). The van der Waals surface area contributed by atoms with Crippen LogP contribution in [0.5, 0.6) is 5.75 Å². The van der Waals surface area contributed by atoms with E-state index in [1.807, 2.05) is 60.7 Å². The smallest absolute Gasteiger partial charge is 0.250 e. The van der Waals surface area contributed by atoms with Crippen LogP contribution in [0.25, 0.3) is 0 Å². The molecule has 0 radical (unpaired) electrons. The Morgan fingerprint density at radius 2 is 1.55 bits per heavy atom. The molecular weight excluding hydrogens is 508 g/mol. The summed E-state index contributed by atoms with van der Waals surface area (Å²) in [4.78, 5) is 45.1. The van der Waals surface area contributed by atoms with Crippen LogP contribution in [0.4, 0.5) is 11.4 Å². The Balaban J connectivity index is 1.23. The molecule has 40 heavy (non-hydrogen) atoms. The number of nitrogens with one attached hydrogen (secondary N) is 1. The van der Waals surface area contributed by atoms with Crippen molar-refractivity contribution in [3.63, 3.8) is 0 Å². The number of carbonyl (C=O) groups is 3. The molecule has 0 bridgehead atoms. The lowest BCUT2D eigenvalue weighted by Crippen LogP contribution is -2.57. The zero-order chi connectivity index (χ0) is 28.0. The normalized spacial score (nSPS) is 16.3. The highest BCUT2D eigenvalue weighted by molar-refractivity contribution is 5.99. The fraction of sp³-hybridized carbons (Fsp3) is 0.323. The molecule has 2 aliphatic rings. The molecule has 2 aliphatic heterocycles. The Kier molecular flexibility index (Phi) is 8.31. The number of piperidine rings is 1. The van der Waals surface area contributed by atoms with E-state index in [1.165, 1.54) is 0 Å². The summed E-state index contributed by atoms with van der Waals surface area (Å²) in [5, 5.41) is 2.87. The van der Waals surface area contributed by atoms with Crippen LogP contribution < -0.4 is 15.0 Å². The minimum absolute atomic E-state index is 0.00407. The van der Waals surface area contributed by atoms with Gasteiger partial charge in [0, 0.05) is 24.5 Å². The van der Waals surface area contributed by atoms with Gasteiger partial charge < -0.3 is 29.5 Å². The molecule has 2 saturated heterocycles. The van der Waals surface area contributed by atoms with E-state index < -0.39 is 5.54 Å². The highest BCUT2D eigenvalue weighted by Crippen LogP contribution is 2.39. The minimum atomic E-state index is -0.816. The molecule has 9 nitrogen and oxygen atoms in total. The lowest BCUT2D eigenvalue weighted by atomic mass is 9.85. The number of anilines is 2. The van der Waals surface area contributed by atoms with Crippen molar-refractivity contribution in [1.29, 1.82) is 0 Å². The van der Waals surface area contributed by atoms with Crippen molar-refractivity contribution in [3.05, 3.63) is 90.5 Å². The maximum absolute atomic E-state index is 13.9. The van der Waals surface area contributed by atoms with Crippen LogP contribution in [0.2, 0.25) is 0 Å². The van der Waals surface area contributed by atoms with Gasteiger partial charge in [0.05, 0.1) is 20.4 Å². The van der Waals surface area contributed by atoms with Gasteiger partial charge in [0.1, 0.15) is 24.4 Å². The second kappa shape index (κ2) is 12.2. The van der Waals surface area contributed by atoms with E-state index in [0.29, 0.717) is 50.6 Å². The fourth-order valence-electron chi connectivity index (χ4n) is 5.42. The third-order valence-corrected chi connectivity index (χ3v) is 7.57. The van der Waals surface area contributed by atoms with Gasteiger partial charge in [0.15, 0.2) is 0 Å². The number of para-hydroxylation sites is 1. The summed E-state index contributed by atoms with van der Waals surface area (Å²) in [5.41, 5.74) is 1.75. The van der Waals surface area contributed by atoms with E-state index in [4.69, 9.17) is 9.47 Å². The maximum Gasteiger partial charge on any atom is 0.250 e. The molecule has 5 rings (SSSR count). The van der Waals surface area contributed by atoms with Gasteiger partial charge in [-0.25, -0.2) is 0 Å². The Bertz CT molecular complexity index is 1310. The molecule has 3 amide bonds. The van der Waals surface area contributed by atoms with E-state index >= 15 is 0 Å². The van der Waals surface area contributed by atoms with Crippen LogP contribution in [0.1, 0.15) is 18.4 Å². The maximum atomic E-state index is 13.9. The summed E-state index contributed by atoms with van der Waals surface area (Å²) in [6, 6.07) is 26.6. The molecule has 208 valence electrons. The molecule has 2 heterocycles. The van der Waals surface area contributed by atoms with E-state index in [2.05, 4.69) is 10.2 Å². The third kappa shape index (κ3) is 5.94. The highest BCUT2D eigenvalue weighted by atomic mass is 16.5. The van der Waals surface area contributed by atoms with E-state index in [0.717, 1.165) is 11.3 Å². The molecule has 0 aromatic heterocycles. The van der Waals surface area contributed by atoms with Crippen molar-refractivity contribution in [2.24, 2.45) is 0 Å². The largest absolute Gasteiger partial charge is 0.497 e. The monoisotopic (exact) mass is 542 g/mol. The van der Waals surface area contributed by atoms with Gasteiger partial charge >= 0.3 is 0 Å². The molecule has 1 N–H and O–H groups in total. The molecule has 1 spiro atoms. The van der Waals surface area contributed by atoms with Gasteiger partial charge in [0.25, 0.3) is 5.91 Å². The molecule has 0 saturated carbocycles. The molecule has 0 atom stereocenters. The average molecular weight is 543 g/mol. The first-order chi connectivity index (χ1) is 19.5. The van der Waals surface area contributed by atoms with Crippen molar-refractivity contribution in [2.75, 3.05) is 50.2 Å². The van der Waals surface area contributed by atoms with Crippen LogP contribution >= 0.6 is 0 Å². The van der Waals surface area contributed by atoms with Crippen LogP contribution in [0.3, 0.4) is 0 Å². The van der Waals surface area contributed by atoms with Crippen LogP contribution in [-0.4, -0.2) is 73.1 Å². The first kappa shape index (κ1) is 27.2. The predicted molar refractivity (Wildman–Crippen MR) is 152 cm³/mol. The molecule has 0 aliphatic carbocycles. The van der Waals surface area contributed by atoms with Gasteiger partial charge in [0.2, 0.25) is 11.8 Å². The molecule has 3 aromatic carbocycles. The first-order valence-corrected chi connectivity index (χ1v) is 13.4. The quantitative estimate of drug-likeness (QED) is 0.445. The van der Waals surface area contributed by atoms with Gasteiger partial charge in [-0.3, -0.25) is 14.4 Å². The van der Waals surface area contributed by atoms with Gasteiger partial charge in [-0.1, -0.05) is 48.5 Å². The lowest BCUT2D eigenvalue weighted by molar-refractivity contribution is -0.142. The number of rotatable bonds is 9. The van der Waals surface area contributed by atoms with Crippen molar-refractivity contribution in [2.45, 2.75) is 25.0 Å². The van der Waals surface area contributed by atoms with E-state index in [9.17, 15) is 14.4 Å². The number of benzene rings is 3. The van der Waals surface area contributed by atoms with E-state index in [-0.39, 0.29) is 30.9 Å². The Labute approximate surface area is 234 Å². The highest BCUT2D eigenvalue weighted by Gasteiger charge is 2.54. The molecular formula is C31H34N4O5. The summed E-state index contributed by atoms with van der Waals surface area (Å²) < 4.78 is 10.8. The molecule has 3 aromatic rings. The zero-order valence-corrected chi connectivity index (χ0v) is 22.6. The lowest BCUT2D eigenvalue weighted by Gasteiger charge is -2.43. The van der Waals surface area contributed by atoms with Crippen molar-refractivity contribution in [1.82, 2.24) is 9.80 Å². The van der Waals surface area contributed by atoms with Crippen molar-refractivity contribution >= 4 is 29.1 Å². The molecule has 0 unspecified atom stereocenters. The van der Waals surface area contributed by atoms with Crippen molar-refractivity contribution in [3.8, 4) is 5.75 Å². The van der Waals surface area contributed by atoms with Crippen molar-refractivity contribution < 1.29 is 23.9 Å². The summed E-state index contributed by atoms with van der Waals surface area (Å²) >= 11 is 0. The number of amides is 3. The molecule has 2 fully saturated rings. The first-order valence-electron chi connectivity index (χ1n) is 13.4. The van der Waals surface area contributed by atoms with Crippen LogP contribution in [0.15, 0.2) is 84.9 Å². The van der Waals surface area contributed by atoms with E-state index in [1.54, 1.807) is 41.2 Å². The number of hydrogen-bond donors (Lipinski definition) is 1. The Morgan fingerprint density at radius 3 is 2.20 bits per heavy atom. The van der Waals surface area contributed by atoms with Crippen LogP contribution in [-0.2, 0) is 25.7 Å². The predicted octanol–water partition coefficient (Wildman–Crippen LogP) is 3.52. The van der Waals surface area contributed by atoms with Gasteiger partial charge in [-0.2, -0.15) is 0 Å². The second-order valence-corrected chi connectivity index (χ2v) is 10.1.